The minimum atomic E-state index is -0.137. The van der Waals surface area contributed by atoms with Crippen molar-refractivity contribution in [3.05, 3.63) is 119 Å². The Bertz CT molecular complexity index is 1420. The first-order chi connectivity index (χ1) is 18.6. The number of carbonyl (C=O) groups is 2. The summed E-state index contributed by atoms with van der Waals surface area (Å²) in [5.41, 5.74) is 4.07. The number of hydrogen-bond acceptors (Lipinski definition) is 5. The third kappa shape index (κ3) is 5.95. The summed E-state index contributed by atoms with van der Waals surface area (Å²) in [6.45, 7) is 1.02. The van der Waals surface area contributed by atoms with E-state index in [1.54, 1.807) is 30.2 Å². The average Bonchev–Trinajstić information content (AvgIpc) is 3.44. The number of nitrogens with zero attached hydrogens (tertiary/aromatic N) is 1. The molecule has 0 radical (unpaired) electrons. The molecule has 1 aliphatic rings. The Hall–Kier alpha value is -4.78. The maximum atomic E-state index is 13.6. The predicted octanol–water partition coefficient (Wildman–Crippen LogP) is 5.13. The molecule has 192 valence electrons. The molecule has 4 aromatic carbocycles. The fourth-order valence-electron chi connectivity index (χ4n) is 4.25. The summed E-state index contributed by atoms with van der Waals surface area (Å²) in [5, 5.41) is 2.95. The van der Waals surface area contributed by atoms with E-state index < -0.39 is 0 Å². The van der Waals surface area contributed by atoms with Crippen LogP contribution >= 0.6 is 0 Å². The van der Waals surface area contributed by atoms with Crippen molar-refractivity contribution >= 4 is 17.5 Å². The van der Waals surface area contributed by atoms with E-state index in [4.69, 9.17) is 14.2 Å². The van der Waals surface area contributed by atoms with E-state index in [1.807, 2.05) is 78.9 Å². The van der Waals surface area contributed by atoms with Crippen molar-refractivity contribution < 1.29 is 23.8 Å². The molecule has 0 atom stereocenters. The summed E-state index contributed by atoms with van der Waals surface area (Å²) >= 11 is 0. The lowest BCUT2D eigenvalue weighted by Crippen LogP contribution is -2.30. The molecule has 0 saturated carbocycles. The van der Waals surface area contributed by atoms with Crippen molar-refractivity contribution in [1.29, 1.82) is 0 Å². The van der Waals surface area contributed by atoms with Crippen LogP contribution in [0.5, 0.6) is 17.2 Å². The van der Waals surface area contributed by atoms with Crippen LogP contribution < -0.4 is 24.4 Å². The zero-order valence-electron chi connectivity index (χ0n) is 21.1. The maximum absolute atomic E-state index is 13.6. The zero-order chi connectivity index (χ0) is 26.3. The largest absolute Gasteiger partial charge is 0.497 e. The van der Waals surface area contributed by atoms with Crippen molar-refractivity contribution in [3.63, 3.8) is 0 Å². The predicted molar refractivity (Wildman–Crippen MR) is 145 cm³/mol. The van der Waals surface area contributed by atoms with Gasteiger partial charge >= 0.3 is 0 Å². The summed E-state index contributed by atoms with van der Waals surface area (Å²) < 4.78 is 16.0. The van der Waals surface area contributed by atoms with E-state index >= 15 is 0 Å². The van der Waals surface area contributed by atoms with Gasteiger partial charge in [0.1, 0.15) is 5.75 Å². The van der Waals surface area contributed by atoms with Gasteiger partial charge in [-0.05, 0) is 59.2 Å². The minimum absolute atomic E-state index is 0.0935. The van der Waals surface area contributed by atoms with Gasteiger partial charge in [0.25, 0.3) is 5.91 Å². The van der Waals surface area contributed by atoms with Crippen LogP contribution in [0.1, 0.15) is 27.0 Å². The molecular weight excluding hydrogens is 480 g/mol. The minimum Gasteiger partial charge on any atom is -0.497 e. The molecule has 1 N–H and O–H groups in total. The highest BCUT2D eigenvalue weighted by atomic mass is 16.7. The monoisotopic (exact) mass is 508 g/mol. The molecular formula is C31H28N2O5. The number of benzene rings is 4. The molecule has 0 spiro atoms. The van der Waals surface area contributed by atoms with Gasteiger partial charge in [-0.3, -0.25) is 9.59 Å². The van der Waals surface area contributed by atoms with Crippen molar-refractivity contribution in [2.75, 3.05) is 18.8 Å². The van der Waals surface area contributed by atoms with Crippen LogP contribution in [0.15, 0.2) is 97.1 Å². The molecule has 7 nitrogen and oxygen atoms in total. The molecule has 0 aliphatic carbocycles. The third-order valence-corrected chi connectivity index (χ3v) is 6.28. The van der Waals surface area contributed by atoms with Gasteiger partial charge in [0.15, 0.2) is 11.5 Å². The van der Waals surface area contributed by atoms with Crippen LogP contribution in [0.3, 0.4) is 0 Å². The number of amides is 2. The topological polar surface area (TPSA) is 77.1 Å². The molecule has 7 heteroatoms. The first kappa shape index (κ1) is 24.9. The lowest BCUT2D eigenvalue weighted by Gasteiger charge is -2.24. The van der Waals surface area contributed by atoms with Crippen molar-refractivity contribution in [2.45, 2.75) is 19.5 Å². The number of rotatable bonds is 9. The van der Waals surface area contributed by atoms with Crippen LogP contribution in [-0.4, -0.2) is 25.7 Å². The highest BCUT2D eigenvalue weighted by Crippen LogP contribution is 2.32. The third-order valence-electron chi connectivity index (χ3n) is 6.28. The molecule has 0 aromatic heterocycles. The number of hydrogen-bond donors (Lipinski definition) is 1. The van der Waals surface area contributed by atoms with E-state index in [0.717, 1.165) is 22.4 Å². The van der Waals surface area contributed by atoms with E-state index in [9.17, 15) is 9.59 Å². The van der Waals surface area contributed by atoms with Gasteiger partial charge in [-0.15, -0.1) is 0 Å². The first-order valence-electron chi connectivity index (χ1n) is 12.3. The van der Waals surface area contributed by atoms with Gasteiger partial charge in [0, 0.05) is 17.8 Å². The quantitative estimate of drug-likeness (QED) is 0.339. The average molecular weight is 509 g/mol. The zero-order valence-corrected chi connectivity index (χ0v) is 21.1. The van der Waals surface area contributed by atoms with Crippen LogP contribution in [0, 0.1) is 0 Å². The summed E-state index contributed by atoms with van der Waals surface area (Å²) in [5.74, 6) is 1.80. The van der Waals surface area contributed by atoms with Gasteiger partial charge in [-0.1, -0.05) is 54.6 Å². The molecule has 2 amide bonds. The fraction of sp³-hybridized carbons (Fsp3) is 0.161. The maximum Gasteiger partial charge on any atom is 0.258 e. The molecule has 0 saturated heterocycles. The van der Waals surface area contributed by atoms with Crippen molar-refractivity contribution in [1.82, 2.24) is 5.32 Å². The lowest BCUT2D eigenvalue weighted by molar-refractivity contribution is -0.120. The number of methoxy groups -OCH3 is 1. The number of fused-ring (bicyclic) bond motifs is 1. The summed E-state index contributed by atoms with van der Waals surface area (Å²) in [6, 6.07) is 30.1. The van der Waals surface area contributed by atoms with Crippen molar-refractivity contribution in [3.8, 4) is 17.2 Å². The molecule has 0 fully saturated rings. The number of nitrogens with one attached hydrogen (secondary N) is 1. The van der Waals surface area contributed by atoms with Gasteiger partial charge in [0.05, 0.1) is 20.1 Å². The second-order valence-corrected chi connectivity index (χ2v) is 8.92. The molecule has 1 heterocycles. The molecule has 4 aromatic rings. The Morgan fingerprint density at radius 1 is 0.816 bits per heavy atom. The van der Waals surface area contributed by atoms with Crippen LogP contribution in [-0.2, 0) is 24.3 Å². The SMILES string of the molecule is COc1cccc(C(=O)N(Cc2ccccc2)c2ccc(CC(=O)NCc3ccc4c(c3)OCO4)cc2)c1. The first-order valence-corrected chi connectivity index (χ1v) is 12.3. The Balaban J connectivity index is 1.27. The second kappa shape index (κ2) is 11.5. The van der Waals surface area contributed by atoms with E-state index in [-0.39, 0.29) is 25.0 Å². The Morgan fingerprint density at radius 2 is 1.58 bits per heavy atom. The van der Waals surface area contributed by atoms with Gasteiger partial charge in [-0.25, -0.2) is 0 Å². The van der Waals surface area contributed by atoms with Gasteiger partial charge in [0.2, 0.25) is 12.7 Å². The molecule has 5 rings (SSSR count). The number of carbonyl (C=O) groups excluding carboxylic acids is 2. The smallest absolute Gasteiger partial charge is 0.258 e. The Kier molecular flexibility index (Phi) is 7.54. The van der Waals surface area contributed by atoms with Crippen LogP contribution in [0.4, 0.5) is 5.69 Å². The van der Waals surface area contributed by atoms with E-state index in [1.165, 1.54) is 0 Å². The standard InChI is InChI=1S/C31H28N2O5/c1-36-27-9-5-8-25(18-27)31(35)33(20-23-6-3-2-4-7-23)26-13-10-22(11-14-26)17-30(34)32-19-24-12-15-28-29(16-24)38-21-37-28/h2-16,18H,17,19-21H2,1H3,(H,32,34). The van der Waals surface area contributed by atoms with Crippen molar-refractivity contribution in [2.24, 2.45) is 0 Å². The molecule has 0 bridgehead atoms. The van der Waals surface area contributed by atoms with Gasteiger partial charge in [-0.2, -0.15) is 0 Å². The van der Waals surface area contributed by atoms with Crippen LogP contribution in [0.2, 0.25) is 0 Å². The van der Waals surface area contributed by atoms with E-state index in [2.05, 4.69) is 5.32 Å². The highest BCUT2D eigenvalue weighted by Gasteiger charge is 2.19. The van der Waals surface area contributed by atoms with Crippen LogP contribution in [0.25, 0.3) is 0 Å². The summed E-state index contributed by atoms with van der Waals surface area (Å²) in [7, 11) is 1.58. The molecule has 0 unspecified atom stereocenters. The van der Waals surface area contributed by atoms with Gasteiger partial charge < -0.3 is 24.4 Å². The summed E-state index contributed by atoms with van der Waals surface area (Å²) in [6.07, 6.45) is 0.230. The molecule has 1 aliphatic heterocycles. The normalized spacial score (nSPS) is 11.6. The Labute approximate surface area is 221 Å². The molecule has 38 heavy (non-hydrogen) atoms. The van der Waals surface area contributed by atoms with E-state index in [0.29, 0.717) is 35.9 Å². The second-order valence-electron chi connectivity index (χ2n) is 8.92. The number of ether oxygens (including phenoxy) is 3. The summed E-state index contributed by atoms with van der Waals surface area (Å²) in [4.78, 5) is 27.9. The lowest BCUT2D eigenvalue weighted by atomic mass is 10.1. The number of anilines is 1. The Morgan fingerprint density at radius 3 is 2.37 bits per heavy atom. The fourth-order valence-corrected chi connectivity index (χ4v) is 4.25. The highest BCUT2D eigenvalue weighted by molar-refractivity contribution is 6.06.